The molecule has 2 aromatic rings. The van der Waals surface area contributed by atoms with Gasteiger partial charge in [-0.25, -0.2) is 9.97 Å². The summed E-state index contributed by atoms with van der Waals surface area (Å²) < 4.78 is 11.1. The number of amides is 1. The molecule has 5 rings (SSSR count). The van der Waals surface area contributed by atoms with E-state index in [4.69, 9.17) is 19.4 Å². The number of aromatic nitrogens is 2. The summed E-state index contributed by atoms with van der Waals surface area (Å²) in [7, 11) is 0. The summed E-state index contributed by atoms with van der Waals surface area (Å²) in [6.07, 6.45) is 6.08. The van der Waals surface area contributed by atoms with Crippen LogP contribution in [0.5, 0.6) is 0 Å². The minimum atomic E-state index is 0.0747. The van der Waals surface area contributed by atoms with Crippen LogP contribution in [0.4, 0.5) is 0 Å². The molecular weight excluding hydrogens is 462 g/mol. The number of carbonyl (C=O) groups is 1. The molecule has 2 saturated heterocycles. The molecule has 0 radical (unpaired) electrons. The molecule has 3 heterocycles. The second-order valence-corrected chi connectivity index (χ2v) is 10.8. The van der Waals surface area contributed by atoms with Crippen LogP contribution in [-0.2, 0) is 20.8 Å². The average Bonchev–Trinajstić information content (AvgIpc) is 2.92. The molecule has 8 nitrogen and oxygen atoms in total. The predicted octanol–water partition coefficient (Wildman–Crippen LogP) is 2.71. The van der Waals surface area contributed by atoms with E-state index < -0.39 is 0 Å². The van der Waals surface area contributed by atoms with Crippen LogP contribution in [-0.4, -0.2) is 96.1 Å². The van der Waals surface area contributed by atoms with E-state index in [9.17, 15) is 4.79 Å². The third-order valence-corrected chi connectivity index (χ3v) is 8.50. The molecule has 3 aliphatic rings. The molecule has 1 aliphatic carbocycles. The van der Waals surface area contributed by atoms with Crippen LogP contribution in [0.15, 0.2) is 29.3 Å². The standard InChI is InChI=1S/C26H37N5O3S/c32-24(27-20-26(8-4-1-5-9-26)31-12-16-34-17-13-31)19-35-25-21-6-2-3-7-22(21)28-23(29-25)18-30-10-14-33-15-11-30/h2-3,6-7H,1,4-5,8-20H2,(H,27,32). The number of carbonyl (C=O) groups excluding carboxylic acids is 1. The van der Waals surface area contributed by atoms with Crippen molar-refractivity contribution in [2.45, 2.75) is 49.2 Å². The Bertz CT molecular complexity index is 988. The van der Waals surface area contributed by atoms with Gasteiger partial charge in [0.05, 0.1) is 44.2 Å². The van der Waals surface area contributed by atoms with Crippen LogP contribution < -0.4 is 5.32 Å². The summed E-state index contributed by atoms with van der Waals surface area (Å²) in [4.78, 5) is 27.5. The van der Waals surface area contributed by atoms with Crippen molar-refractivity contribution in [3.05, 3.63) is 30.1 Å². The van der Waals surface area contributed by atoms with Gasteiger partial charge in [-0.1, -0.05) is 49.2 Å². The normalized spacial score (nSPS) is 21.7. The number of hydrogen-bond donors (Lipinski definition) is 1. The molecule has 0 unspecified atom stereocenters. The first-order valence-corrected chi connectivity index (χ1v) is 14.0. The zero-order chi connectivity index (χ0) is 23.9. The fourth-order valence-electron chi connectivity index (χ4n) is 5.53. The third-order valence-electron chi connectivity index (χ3n) is 7.50. The fraction of sp³-hybridized carbons (Fsp3) is 0.654. The predicted molar refractivity (Wildman–Crippen MR) is 138 cm³/mol. The number of hydrogen-bond acceptors (Lipinski definition) is 8. The minimum Gasteiger partial charge on any atom is -0.379 e. The first-order valence-electron chi connectivity index (χ1n) is 13.0. The molecule has 190 valence electrons. The number of benzene rings is 1. The molecule has 9 heteroatoms. The molecule has 1 amide bonds. The Labute approximate surface area is 212 Å². The number of ether oxygens (including phenoxy) is 2. The van der Waals surface area contributed by atoms with E-state index >= 15 is 0 Å². The van der Waals surface area contributed by atoms with Gasteiger partial charge in [-0.05, 0) is 18.9 Å². The lowest BCUT2D eigenvalue weighted by atomic mass is 9.79. The topological polar surface area (TPSA) is 79.8 Å². The second kappa shape index (κ2) is 12.0. The molecule has 0 spiro atoms. The van der Waals surface area contributed by atoms with Crippen molar-refractivity contribution in [2.24, 2.45) is 0 Å². The molecule has 1 aromatic heterocycles. The molecule has 3 fully saturated rings. The van der Waals surface area contributed by atoms with Gasteiger partial charge in [0.15, 0.2) is 0 Å². The maximum atomic E-state index is 13.0. The van der Waals surface area contributed by atoms with Gasteiger partial charge in [0.1, 0.15) is 10.9 Å². The highest BCUT2D eigenvalue weighted by Gasteiger charge is 2.38. The lowest BCUT2D eigenvalue weighted by Crippen LogP contribution is -2.59. The minimum absolute atomic E-state index is 0.0747. The van der Waals surface area contributed by atoms with Crippen LogP contribution in [0.25, 0.3) is 10.9 Å². The number of rotatable bonds is 8. The molecule has 35 heavy (non-hydrogen) atoms. The molecule has 2 aliphatic heterocycles. The summed E-state index contributed by atoms with van der Waals surface area (Å²) in [6.45, 7) is 8.22. The SMILES string of the molecule is O=C(CSc1nc(CN2CCOCC2)nc2ccccc12)NCC1(N2CCOCC2)CCCCC1. The van der Waals surface area contributed by atoms with Crippen LogP contribution in [0.2, 0.25) is 0 Å². The number of nitrogens with zero attached hydrogens (tertiary/aromatic N) is 4. The van der Waals surface area contributed by atoms with Gasteiger partial charge in [0.25, 0.3) is 0 Å². The average molecular weight is 500 g/mol. The van der Waals surface area contributed by atoms with Gasteiger partial charge < -0.3 is 14.8 Å². The second-order valence-electron chi connectivity index (χ2n) is 9.80. The lowest BCUT2D eigenvalue weighted by molar-refractivity contribution is -0.119. The maximum absolute atomic E-state index is 13.0. The number of nitrogens with one attached hydrogen (secondary N) is 1. The van der Waals surface area contributed by atoms with E-state index in [1.807, 2.05) is 24.3 Å². The highest BCUT2D eigenvalue weighted by atomic mass is 32.2. The summed E-state index contributed by atoms with van der Waals surface area (Å²) >= 11 is 1.52. The van der Waals surface area contributed by atoms with Crippen molar-refractivity contribution in [1.82, 2.24) is 25.1 Å². The van der Waals surface area contributed by atoms with Crippen molar-refractivity contribution >= 4 is 28.6 Å². The first-order chi connectivity index (χ1) is 17.2. The quantitative estimate of drug-likeness (QED) is 0.439. The largest absolute Gasteiger partial charge is 0.379 e. The molecule has 1 saturated carbocycles. The van der Waals surface area contributed by atoms with Gasteiger partial charge in [-0.2, -0.15) is 0 Å². The maximum Gasteiger partial charge on any atom is 0.230 e. The van der Waals surface area contributed by atoms with Crippen molar-refractivity contribution < 1.29 is 14.3 Å². The number of morpholine rings is 2. The van der Waals surface area contributed by atoms with E-state index in [-0.39, 0.29) is 11.4 Å². The number of para-hydroxylation sites is 1. The van der Waals surface area contributed by atoms with Crippen molar-refractivity contribution in [3.8, 4) is 0 Å². The monoisotopic (exact) mass is 499 g/mol. The zero-order valence-corrected chi connectivity index (χ0v) is 21.4. The summed E-state index contributed by atoms with van der Waals surface area (Å²) in [5.74, 6) is 1.24. The highest BCUT2D eigenvalue weighted by Crippen LogP contribution is 2.34. The van der Waals surface area contributed by atoms with E-state index in [1.165, 1.54) is 31.0 Å². The molecule has 1 aromatic carbocycles. The van der Waals surface area contributed by atoms with Crippen molar-refractivity contribution in [3.63, 3.8) is 0 Å². The van der Waals surface area contributed by atoms with Crippen LogP contribution >= 0.6 is 11.8 Å². The molecule has 0 atom stereocenters. The van der Waals surface area contributed by atoms with E-state index in [1.54, 1.807) is 0 Å². The molecular formula is C26H37N5O3S. The van der Waals surface area contributed by atoms with E-state index in [2.05, 4.69) is 15.1 Å². The fourth-order valence-corrected chi connectivity index (χ4v) is 6.40. The zero-order valence-electron chi connectivity index (χ0n) is 20.5. The molecule has 0 bridgehead atoms. The Balaban J connectivity index is 1.23. The smallest absolute Gasteiger partial charge is 0.230 e. The van der Waals surface area contributed by atoms with Gasteiger partial charge >= 0.3 is 0 Å². The van der Waals surface area contributed by atoms with Crippen LogP contribution in [0.3, 0.4) is 0 Å². The Hall–Kier alpha value is -1.78. The molecule has 1 N–H and O–H groups in total. The van der Waals surface area contributed by atoms with Gasteiger partial charge in [0.2, 0.25) is 5.91 Å². The Kier molecular flexibility index (Phi) is 8.51. The summed E-state index contributed by atoms with van der Waals surface area (Å²) in [6, 6.07) is 8.08. The Morgan fingerprint density at radius 1 is 0.971 bits per heavy atom. The van der Waals surface area contributed by atoms with E-state index in [0.29, 0.717) is 12.3 Å². The van der Waals surface area contributed by atoms with Crippen LogP contribution in [0.1, 0.15) is 37.9 Å². The summed E-state index contributed by atoms with van der Waals surface area (Å²) in [5.41, 5.74) is 1.01. The van der Waals surface area contributed by atoms with Gasteiger partial charge in [-0.3, -0.25) is 14.6 Å². The van der Waals surface area contributed by atoms with Crippen molar-refractivity contribution in [1.29, 1.82) is 0 Å². The first kappa shape index (κ1) is 24.9. The highest BCUT2D eigenvalue weighted by molar-refractivity contribution is 8.00. The number of fused-ring (bicyclic) bond motifs is 1. The third kappa shape index (κ3) is 6.32. The Morgan fingerprint density at radius 2 is 1.69 bits per heavy atom. The van der Waals surface area contributed by atoms with E-state index in [0.717, 1.165) is 93.7 Å². The van der Waals surface area contributed by atoms with Gasteiger partial charge in [-0.15, -0.1) is 0 Å². The summed E-state index contributed by atoms with van der Waals surface area (Å²) in [5, 5.41) is 5.17. The Morgan fingerprint density at radius 3 is 2.46 bits per heavy atom. The number of thioether (sulfide) groups is 1. The van der Waals surface area contributed by atoms with Gasteiger partial charge in [0, 0.05) is 43.6 Å². The van der Waals surface area contributed by atoms with Crippen molar-refractivity contribution in [2.75, 3.05) is 64.9 Å². The lowest BCUT2D eigenvalue weighted by Gasteiger charge is -2.48. The van der Waals surface area contributed by atoms with Crippen LogP contribution in [0, 0.1) is 0 Å².